The molecule has 138 valence electrons. The van der Waals surface area contributed by atoms with Gasteiger partial charge in [0.15, 0.2) is 0 Å². The molecule has 0 unspecified atom stereocenters. The van der Waals surface area contributed by atoms with Gasteiger partial charge in [0.1, 0.15) is 0 Å². The van der Waals surface area contributed by atoms with Gasteiger partial charge in [-0.25, -0.2) is 9.78 Å². The molecule has 27 heavy (non-hydrogen) atoms. The minimum absolute atomic E-state index is 0.0135. The van der Waals surface area contributed by atoms with Crippen LogP contribution < -0.4 is 5.32 Å². The third kappa shape index (κ3) is 5.11. The zero-order chi connectivity index (χ0) is 18.5. The zero-order valence-electron chi connectivity index (χ0n) is 14.9. The average Bonchev–Trinajstić information content (AvgIpc) is 3.41. The number of nitrogens with zero attached hydrogens (tertiary/aromatic N) is 2. The Morgan fingerprint density at radius 3 is 2.85 bits per heavy atom. The van der Waals surface area contributed by atoms with E-state index in [0.29, 0.717) is 12.6 Å². The highest BCUT2D eigenvalue weighted by atomic mass is 32.2. The Kier molecular flexibility index (Phi) is 5.75. The van der Waals surface area contributed by atoms with Crippen LogP contribution in [-0.2, 0) is 12.3 Å². The number of thiophene rings is 1. The number of nitrogens with one attached hydrogen (secondary N) is 1. The maximum atomic E-state index is 12.8. The third-order valence-corrected chi connectivity index (χ3v) is 6.23. The van der Waals surface area contributed by atoms with Crippen molar-refractivity contribution in [3.8, 4) is 0 Å². The summed E-state index contributed by atoms with van der Waals surface area (Å²) < 4.78 is 0. The lowest BCUT2D eigenvalue weighted by atomic mass is 10.2. The number of hydrogen-bond donors (Lipinski definition) is 1. The first-order chi connectivity index (χ1) is 13.3. The number of rotatable bonds is 7. The van der Waals surface area contributed by atoms with Crippen LogP contribution in [0.25, 0.3) is 0 Å². The lowest BCUT2D eigenvalue weighted by molar-refractivity contribution is 0.206. The maximum Gasteiger partial charge on any atom is 0.322 e. The van der Waals surface area contributed by atoms with Gasteiger partial charge in [0.25, 0.3) is 0 Å². The Labute approximate surface area is 167 Å². The Bertz CT molecular complexity index is 879. The number of thioether (sulfide) groups is 1. The Morgan fingerprint density at radius 2 is 2.11 bits per heavy atom. The van der Waals surface area contributed by atoms with Gasteiger partial charge in [0.2, 0.25) is 0 Å². The van der Waals surface area contributed by atoms with E-state index in [4.69, 9.17) is 0 Å². The highest BCUT2D eigenvalue weighted by molar-refractivity contribution is 7.98. The van der Waals surface area contributed by atoms with Crippen LogP contribution in [0.3, 0.4) is 0 Å². The standard InChI is InChI=1S/C21H21N3OS2/c25-21(24(18-9-10-18)14-19-7-4-12-26-19)23-17-6-3-5-16(13-17)15-27-20-8-1-2-11-22-20/h1-8,11-13,18H,9-10,14-15H2,(H,23,25). The molecule has 0 saturated heterocycles. The molecule has 1 aromatic carbocycles. The predicted molar refractivity (Wildman–Crippen MR) is 112 cm³/mol. The number of hydrogen-bond acceptors (Lipinski definition) is 4. The fourth-order valence-corrected chi connectivity index (χ4v) is 4.35. The molecule has 0 spiro atoms. The second-order valence-electron chi connectivity index (χ2n) is 6.53. The van der Waals surface area contributed by atoms with E-state index in [2.05, 4.69) is 27.8 Å². The van der Waals surface area contributed by atoms with E-state index in [-0.39, 0.29) is 6.03 Å². The van der Waals surface area contributed by atoms with Gasteiger partial charge in [-0.1, -0.05) is 24.3 Å². The summed E-state index contributed by atoms with van der Waals surface area (Å²) in [6.45, 7) is 0.684. The average molecular weight is 396 g/mol. The molecule has 2 aromatic heterocycles. The minimum atomic E-state index is -0.0135. The van der Waals surface area contributed by atoms with Gasteiger partial charge in [0, 0.05) is 28.6 Å². The molecule has 1 fully saturated rings. The lowest BCUT2D eigenvalue weighted by Gasteiger charge is -2.22. The van der Waals surface area contributed by atoms with Crippen LogP contribution >= 0.6 is 23.1 Å². The van der Waals surface area contributed by atoms with E-state index in [0.717, 1.165) is 29.3 Å². The van der Waals surface area contributed by atoms with Crippen molar-refractivity contribution < 1.29 is 4.79 Å². The van der Waals surface area contributed by atoms with Gasteiger partial charge in [-0.3, -0.25) is 0 Å². The fourth-order valence-electron chi connectivity index (χ4n) is 2.85. The first-order valence-electron chi connectivity index (χ1n) is 9.01. The number of benzene rings is 1. The molecule has 1 N–H and O–H groups in total. The highest BCUT2D eigenvalue weighted by Gasteiger charge is 2.32. The number of amides is 2. The normalized spacial score (nSPS) is 13.3. The third-order valence-electron chi connectivity index (χ3n) is 4.36. The molecule has 4 nitrogen and oxygen atoms in total. The number of carbonyl (C=O) groups excluding carboxylic acids is 1. The monoisotopic (exact) mass is 395 g/mol. The summed E-state index contributed by atoms with van der Waals surface area (Å²) in [5, 5.41) is 6.14. The van der Waals surface area contributed by atoms with Crippen molar-refractivity contribution in [3.05, 3.63) is 76.6 Å². The van der Waals surface area contributed by atoms with Crippen molar-refractivity contribution in [2.75, 3.05) is 5.32 Å². The van der Waals surface area contributed by atoms with Gasteiger partial charge in [-0.05, 0) is 54.1 Å². The van der Waals surface area contributed by atoms with E-state index in [9.17, 15) is 4.79 Å². The van der Waals surface area contributed by atoms with E-state index in [1.165, 1.54) is 10.4 Å². The van der Waals surface area contributed by atoms with Gasteiger partial charge >= 0.3 is 6.03 Å². The van der Waals surface area contributed by atoms with Crippen LogP contribution in [0.1, 0.15) is 23.3 Å². The van der Waals surface area contributed by atoms with Crippen LogP contribution in [0, 0.1) is 0 Å². The first kappa shape index (κ1) is 18.1. The second kappa shape index (κ2) is 8.59. The lowest BCUT2D eigenvalue weighted by Crippen LogP contribution is -2.36. The number of aromatic nitrogens is 1. The molecular formula is C21H21N3OS2. The Morgan fingerprint density at radius 1 is 1.19 bits per heavy atom. The van der Waals surface area contributed by atoms with E-state index in [1.54, 1.807) is 29.3 Å². The van der Waals surface area contributed by atoms with Gasteiger partial charge < -0.3 is 10.2 Å². The summed E-state index contributed by atoms with van der Waals surface area (Å²) >= 11 is 3.39. The topological polar surface area (TPSA) is 45.2 Å². The molecule has 2 heterocycles. The van der Waals surface area contributed by atoms with Crippen LogP contribution in [0.4, 0.5) is 10.5 Å². The van der Waals surface area contributed by atoms with Crippen LogP contribution in [0.15, 0.2) is 71.2 Å². The second-order valence-corrected chi connectivity index (χ2v) is 8.55. The number of pyridine rings is 1. The van der Waals surface area contributed by atoms with Crippen LogP contribution in [-0.4, -0.2) is 22.0 Å². The minimum Gasteiger partial charge on any atom is -0.316 e. The van der Waals surface area contributed by atoms with Crippen LogP contribution in [0.2, 0.25) is 0 Å². The summed E-state index contributed by atoms with van der Waals surface area (Å²) in [5.41, 5.74) is 2.01. The van der Waals surface area contributed by atoms with Crippen molar-refractivity contribution in [1.29, 1.82) is 0 Å². The van der Waals surface area contributed by atoms with E-state index in [1.807, 2.05) is 47.4 Å². The predicted octanol–water partition coefficient (Wildman–Crippen LogP) is 5.63. The molecule has 0 aliphatic heterocycles. The van der Waals surface area contributed by atoms with Crippen molar-refractivity contribution in [3.63, 3.8) is 0 Å². The molecule has 0 radical (unpaired) electrons. The quantitative estimate of drug-likeness (QED) is 0.527. The van der Waals surface area contributed by atoms with E-state index >= 15 is 0 Å². The Balaban J connectivity index is 1.38. The van der Waals surface area contributed by atoms with Crippen molar-refractivity contribution in [2.45, 2.75) is 36.2 Å². The van der Waals surface area contributed by atoms with Crippen molar-refractivity contribution in [1.82, 2.24) is 9.88 Å². The van der Waals surface area contributed by atoms with Crippen LogP contribution in [0.5, 0.6) is 0 Å². The first-order valence-corrected chi connectivity index (χ1v) is 10.9. The maximum absolute atomic E-state index is 12.8. The molecule has 0 bridgehead atoms. The number of urea groups is 1. The van der Waals surface area contributed by atoms with Gasteiger partial charge in [0.05, 0.1) is 11.6 Å². The molecule has 2 amide bonds. The van der Waals surface area contributed by atoms with Crippen molar-refractivity contribution in [2.24, 2.45) is 0 Å². The van der Waals surface area contributed by atoms with E-state index < -0.39 is 0 Å². The number of carbonyl (C=O) groups is 1. The molecule has 1 saturated carbocycles. The molecule has 1 aliphatic carbocycles. The van der Waals surface area contributed by atoms with Gasteiger partial charge in [-0.15, -0.1) is 23.1 Å². The largest absolute Gasteiger partial charge is 0.322 e. The summed E-state index contributed by atoms with van der Waals surface area (Å²) in [7, 11) is 0. The van der Waals surface area contributed by atoms with Gasteiger partial charge in [-0.2, -0.15) is 0 Å². The molecule has 1 aliphatic rings. The SMILES string of the molecule is O=C(Nc1cccc(CSc2ccccn2)c1)N(Cc1cccs1)C1CC1. The highest BCUT2D eigenvalue weighted by Crippen LogP contribution is 2.30. The fraction of sp³-hybridized carbons (Fsp3) is 0.238. The summed E-state index contributed by atoms with van der Waals surface area (Å²) in [5.74, 6) is 0.822. The Hall–Kier alpha value is -2.31. The summed E-state index contributed by atoms with van der Waals surface area (Å²) in [6.07, 6.45) is 4.00. The molecular weight excluding hydrogens is 374 g/mol. The van der Waals surface area contributed by atoms with Crippen molar-refractivity contribution >= 4 is 34.8 Å². The molecule has 0 atom stereocenters. The molecule has 4 rings (SSSR count). The molecule has 6 heteroatoms. The number of anilines is 1. The summed E-state index contributed by atoms with van der Waals surface area (Å²) in [4.78, 5) is 20.3. The molecule has 3 aromatic rings. The zero-order valence-corrected chi connectivity index (χ0v) is 16.5. The summed E-state index contributed by atoms with van der Waals surface area (Å²) in [6, 6.07) is 18.5. The smallest absolute Gasteiger partial charge is 0.316 e.